The van der Waals surface area contributed by atoms with Crippen molar-refractivity contribution in [3.63, 3.8) is 0 Å². The van der Waals surface area contributed by atoms with Crippen LogP contribution in [0.2, 0.25) is 0 Å². The molecule has 0 bridgehead atoms. The van der Waals surface area contributed by atoms with E-state index in [4.69, 9.17) is 33.2 Å². The van der Waals surface area contributed by atoms with Gasteiger partial charge >= 0.3 is 110 Å². The van der Waals surface area contributed by atoms with Crippen molar-refractivity contribution < 1.29 is 138 Å². The Labute approximate surface area is 331 Å². The van der Waals surface area contributed by atoms with Crippen LogP contribution < -0.4 is 113 Å². The van der Waals surface area contributed by atoms with Gasteiger partial charge in [0.25, 0.3) is 6.47 Å². The van der Waals surface area contributed by atoms with Gasteiger partial charge in [-0.3, -0.25) is 4.79 Å². The van der Waals surface area contributed by atoms with Crippen molar-refractivity contribution in [3.05, 3.63) is 100 Å². The number of aryl methyl sites for hydroxylation is 2. The monoisotopic (exact) mass is 682 g/mol. The molecule has 17 heteroatoms. The van der Waals surface area contributed by atoms with Gasteiger partial charge in [0.15, 0.2) is 4.73 Å². The Hall–Kier alpha value is -1.13. The molecule has 0 spiro atoms. The summed E-state index contributed by atoms with van der Waals surface area (Å²) >= 11 is 3.22. The fraction of sp³-hybridized carbons (Fsp3) is 0.125. The molecular weight excluding hydrogens is 659 g/mol. The van der Waals surface area contributed by atoms with E-state index in [0.717, 1.165) is 28.3 Å². The van der Waals surface area contributed by atoms with Crippen LogP contribution in [0.5, 0.6) is 0 Å². The Kier molecular flexibility index (Phi) is 26.3. The number of imidazole rings is 2. The van der Waals surface area contributed by atoms with Crippen molar-refractivity contribution in [2.45, 2.75) is 7.43 Å². The largest absolute Gasteiger partial charge is 1.00 e. The summed E-state index contributed by atoms with van der Waals surface area (Å²) in [7, 11) is 2.12. The van der Waals surface area contributed by atoms with Crippen LogP contribution in [0.1, 0.15) is 8.85 Å². The van der Waals surface area contributed by atoms with Crippen LogP contribution in [0.3, 0.4) is 0 Å². The van der Waals surface area contributed by atoms with E-state index in [1.165, 1.54) is 18.2 Å². The molecule has 0 fully saturated rings. The molecule has 2 heterocycles. The Morgan fingerprint density at radius 1 is 1.00 bits per heavy atom. The van der Waals surface area contributed by atoms with Crippen LogP contribution in [0, 0.1) is 24.8 Å². The fourth-order valence-corrected chi connectivity index (χ4v) is 2.74. The second-order valence-corrected chi connectivity index (χ2v) is 7.54. The smallest absolute Gasteiger partial charge is 1.00 e. The minimum Gasteiger partial charge on any atom is -1.00 e. The predicted octanol–water partition coefficient (Wildman–Crippen LogP) is -2.79. The van der Waals surface area contributed by atoms with Crippen molar-refractivity contribution in [2.24, 2.45) is 14.1 Å². The van der Waals surface area contributed by atoms with Crippen molar-refractivity contribution in [2.75, 3.05) is 0 Å². The molecule has 0 saturated carbocycles. The second-order valence-electron chi connectivity index (χ2n) is 6.84. The van der Waals surface area contributed by atoms with Crippen molar-refractivity contribution in [1.82, 2.24) is 19.1 Å². The van der Waals surface area contributed by atoms with Crippen LogP contribution in [0.25, 0.3) is 21.1 Å². The molecule has 4 aromatic rings. The van der Waals surface area contributed by atoms with Gasteiger partial charge in [0.2, 0.25) is 11.4 Å². The number of carbonyl (C=O) groups is 1. The summed E-state index contributed by atoms with van der Waals surface area (Å²) in [6.07, 6.45) is 7.08. The maximum absolute atomic E-state index is 13.1. The van der Waals surface area contributed by atoms with E-state index in [0.29, 0.717) is 0 Å². The zero-order valence-electron chi connectivity index (χ0n) is 22.9. The molecule has 0 aliphatic rings. The van der Waals surface area contributed by atoms with Gasteiger partial charge in [-0.1, -0.05) is 25.6 Å². The van der Waals surface area contributed by atoms with E-state index in [2.05, 4.69) is 40.5 Å². The normalized spacial score (nSPS) is 8.44. The molecule has 0 amide bonds. The predicted molar refractivity (Wildman–Crippen MR) is 143 cm³/mol. The van der Waals surface area contributed by atoms with Crippen LogP contribution in [-0.4, -0.2) is 42.7 Å². The van der Waals surface area contributed by atoms with Crippen LogP contribution >= 0.6 is 15.9 Å². The number of rotatable bonds is 3. The van der Waals surface area contributed by atoms with E-state index >= 15 is 0 Å². The molecule has 0 radical (unpaired) electrons. The molecule has 0 atom stereocenters. The summed E-state index contributed by atoms with van der Waals surface area (Å²) in [4.78, 5) is 25.2. The van der Waals surface area contributed by atoms with Gasteiger partial charge in [-0.25, -0.2) is 28.4 Å². The third-order valence-electron chi connectivity index (χ3n) is 4.34. The molecule has 0 aliphatic carbocycles. The Morgan fingerprint density at radius 3 is 1.85 bits per heavy atom. The first-order valence-corrected chi connectivity index (χ1v) is 10.9. The van der Waals surface area contributed by atoms with Crippen molar-refractivity contribution in [3.8, 4) is 11.4 Å². The number of hydrogen-bond acceptors (Lipinski definition) is 7. The average molecular weight is 683 g/mol. The third kappa shape index (κ3) is 15.8. The summed E-state index contributed by atoms with van der Waals surface area (Å²) in [6.45, 7) is 13.2. The molecule has 4 rings (SSSR count). The summed E-state index contributed by atoms with van der Waals surface area (Å²) in [5.41, 5.74) is 0.674. The molecule has 2 aromatic carbocycles. The second kappa shape index (κ2) is 24.3. The number of nitrogens with zero attached hydrogens (tertiary/aromatic N) is 6. The minimum absolute atomic E-state index is 0. The molecule has 2 N–H and O–H groups in total. The first-order valence-electron chi connectivity index (χ1n) is 10.1. The van der Waals surface area contributed by atoms with Gasteiger partial charge in [0, 0.05) is 44.4 Å². The van der Waals surface area contributed by atoms with E-state index in [-0.39, 0.29) is 135 Å². The number of aromatic nitrogens is 4. The van der Waals surface area contributed by atoms with Gasteiger partial charge in [0.05, 0.1) is 13.1 Å². The molecule has 0 saturated heterocycles. The molecular formula is C24H24BBrF2K2N6O5. The first kappa shape index (κ1) is 44.3. The maximum atomic E-state index is 13.1. The summed E-state index contributed by atoms with van der Waals surface area (Å²) in [5.74, 6) is -0.433. The van der Waals surface area contributed by atoms with Crippen LogP contribution in [0.15, 0.2) is 65.9 Å². The summed E-state index contributed by atoms with van der Waals surface area (Å²) < 4.78 is 30.3. The van der Waals surface area contributed by atoms with Crippen LogP contribution in [0.4, 0.5) is 20.2 Å². The molecule has 41 heavy (non-hydrogen) atoms. The minimum atomic E-state index is -1.66. The Balaban J connectivity index is -0.000000242. The van der Waals surface area contributed by atoms with E-state index < -0.39 is 18.8 Å². The van der Waals surface area contributed by atoms with Gasteiger partial charge < -0.3 is 30.8 Å². The standard InChI is InChI=1S/C11H8FN3.C7H5BFNO2.C4H5BrN2.CH2O3.CH4.2K.H/c1-13-10-7-8(3-4-9(10)12)11-14-5-6-15(11)2;1-10-7-4-5(8(11)12)2-3-6(7)9;1-7-3-2-6-4(7)5;2-1-4-3;;;;/h3-7H,2H3;2-4,11-12H;2-3H,1H3;1,3H;1H4;;;/q;;;;;2*+1;-1/p-1. The molecule has 0 aliphatic heterocycles. The summed E-state index contributed by atoms with van der Waals surface area (Å²) in [5, 5.41) is 25.8. The van der Waals surface area contributed by atoms with E-state index in [9.17, 15) is 8.78 Å². The Bertz CT molecular complexity index is 1420. The fourth-order valence-electron chi connectivity index (χ4n) is 2.50. The van der Waals surface area contributed by atoms with Gasteiger partial charge in [-0.2, -0.15) is 0 Å². The third-order valence-corrected chi connectivity index (χ3v) is 5.10. The van der Waals surface area contributed by atoms with Gasteiger partial charge in [-0.05, 0) is 39.6 Å². The number of carbonyl (C=O) groups excluding carboxylic acids is 1. The summed E-state index contributed by atoms with van der Waals surface area (Å²) in [6, 6.07) is 7.76. The number of halogens is 3. The average Bonchev–Trinajstić information content (AvgIpc) is 3.52. The topological polar surface area (TPSA) is 134 Å². The van der Waals surface area contributed by atoms with Gasteiger partial charge in [-0.15, -0.1) is 0 Å². The SMILES string of the molecule is C.Cn1ccnc1Br.O=CO[O-].[C-]#[N+]c1cc(-c2nccn2C)ccc1F.[C-]#[N+]c1cc(B(O)O)ccc1F.[H-].[K+].[K+]. The zero-order chi connectivity index (χ0) is 28.7. The zero-order valence-corrected chi connectivity index (χ0v) is 29.7. The molecule has 11 nitrogen and oxygen atoms in total. The molecule has 2 aromatic heterocycles. The molecule has 0 unspecified atom stereocenters. The van der Waals surface area contributed by atoms with Crippen molar-refractivity contribution in [1.29, 1.82) is 0 Å². The van der Waals surface area contributed by atoms with E-state index in [1.807, 2.05) is 29.4 Å². The van der Waals surface area contributed by atoms with Gasteiger partial charge in [0.1, 0.15) is 17.5 Å². The van der Waals surface area contributed by atoms with E-state index in [1.54, 1.807) is 24.7 Å². The quantitative estimate of drug-likeness (QED) is 0.0785. The number of benzene rings is 2. The number of hydrogen-bond donors (Lipinski definition) is 2. The van der Waals surface area contributed by atoms with Crippen LogP contribution in [-0.2, 0) is 23.8 Å². The Morgan fingerprint density at radius 2 is 1.49 bits per heavy atom. The molecule has 206 valence electrons. The maximum Gasteiger partial charge on any atom is 1.00 e. The first-order chi connectivity index (χ1) is 18.1. The van der Waals surface area contributed by atoms with Crippen molar-refractivity contribution >= 4 is 46.4 Å².